The van der Waals surface area contributed by atoms with Crippen LogP contribution in [0, 0.1) is 25.2 Å². The highest BCUT2D eigenvalue weighted by molar-refractivity contribution is 5.72. The van der Waals surface area contributed by atoms with Crippen LogP contribution in [-0.4, -0.2) is 11.0 Å². The smallest absolute Gasteiger partial charge is 0.311 e. The van der Waals surface area contributed by atoms with E-state index in [2.05, 4.69) is 18.8 Å². The van der Waals surface area contributed by atoms with E-state index in [0.29, 0.717) is 29.3 Å². The van der Waals surface area contributed by atoms with Crippen molar-refractivity contribution in [1.29, 1.82) is 5.26 Å². The molecule has 130 valence electrons. The number of carbonyl (C=O) groups excluding carboxylic acids is 1. The Labute approximate surface area is 147 Å². The largest absolute Gasteiger partial charge is 0.427 e. The first kappa shape index (κ1) is 18.5. The molecule has 0 unspecified atom stereocenters. The fourth-order valence-corrected chi connectivity index (χ4v) is 2.75. The van der Waals surface area contributed by atoms with Crippen LogP contribution >= 0.6 is 0 Å². The lowest BCUT2D eigenvalue weighted by Gasteiger charge is -2.11. The number of esters is 1. The zero-order valence-electron chi connectivity index (χ0n) is 15.0. The summed E-state index contributed by atoms with van der Waals surface area (Å²) in [6.07, 6.45) is 0.580. The summed E-state index contributed by atoms with van der Waals surface area (Å²) in [5, 5.41) is 9.09. The number of ether oxygens (including phenoxy) is 1. The minimum atomic E-state index is -0.394. The summed E-state index contributed by atoms with van der Waals surface area (Å²) in [5.41, 5.74) is 2.99. The third-order valence-electron chi connectivity index (χ3n) is 4.28. The van der Waals surface area contributed by atoms with Crippen LogP contribution in [0.15, 0.2) is 29.1 Å². The summed E-state index contributed by atoms with van der Waals surface area (Å²) in [7, 11) is 0. The molecule has 0 aliphatic rings. The standard InChI is InChI=1S/C20H22N2O3/c1-12(2)15-5-7-16(8-6-15)25-19(23)10-9-17-13(3)18(11-21)20(24)22-14(17)4/h5-8,12H,9-10H2,1-4H3,(H,22,24). The molecule has 1 heterocycles. The second-order valence-corrected chi connectivity index (χ2v) is 6.37. The van der Waals surface area contributed by atoms with Gasteiger partial charge < -0.3 is 9.72 Å². The highest BCUT2D eigenvalue weighted by Gasteiger charge is 2.14. The fraction of sp³-hybridized carbons (Fsp3) is 0.350. The molecule has 0 radical (unpaired) electrons. The zero-order chi connectivity index (χ0) is 18.6. The highest BCUT2D eigenvalue weighted by Crippen LogP contribution is 2.20. The molecule has 2 rings (SSSR count). The molecule has 0 spiro atoms. The summed E-state index contributed by atoms with van der Waals surface area (Å²) in [4.78, 5) is 26.5. The van der Waals surface area contributed by atoms with Crippen LogP contribution in [0.5, 0.6) is 5.75 Å². The van der Waals surface area contributed by atoms with Crippen molar-refractivity contribution < 1.29 is 9.53 Å². The number of H-pyrrole nitrogens is 1. The maximum Gasteiger partial charge on any atom is 0.311 e. The normalized spacial score (nSPS) is 10.6. The van der Waals surface area contributed by atoms with Gasteiger partial charge in [0.05, 0.1) is 6.42 Å². The van der Waals surface area contributed by atoms with Gasteiger partial charge in [0.2, 0.25) is 0 Å². The Morgan fingerprint density at radius 3 is 2.44 bits per heavy atom. The number of hydrogen-bond donors (Lipinski definition) is 1. The number of aryl methyl sites for hydroxylation is 1. The topological polar surface area (TPSA) is 83.0 Å². The van der Waals surface area contributed by atoms with Crippen LogP contribution in [0.25, 0.3) is 0 Å². The molecule has 0 fully saturated rings. The summed E-state index contributed by atoms with van der Waals surface area (Å²) in [6, 6.07) is 9.39. The Balaban J connectivity index is 2.05. The molecule has 0 saturated carbocycles. The maximum absolute atomic E-state index is 12.1. The van der Waals surface area contributed by atoms with Crippen molar-refractivity contribution in [2.45, 2.75) is 46.5 Å². The number of pyridine rings is 1. The summed E-state index contributed by atoms with van der Waals surface area (Å²) < 4.78 is 5.36. The van der Waals surface area contributed by atoms with Crippen molar-refractivity contribution in [3.63, 3.8) is 0 Å². The predicted molar refractivity (Wildman–Crippen MR) is 95.7 cm³/mol. The molecule has 1 aromatic heterocycles. The van der Waals surface area contributed by atoms with E-state index in [1.165, 1.54) is 5.56 Å². The van der Waals surface area contributed by atoms with E-state index in [9.17, 15) is 9.59 Å². The Morgan fingerprint density at radius 1 is 1.24 bits per heavy atom. The number of aromatic amines is 1. The first-order valence-corrected chi connectivity index (χ1v) is 8.26. The number of rotatable bonds is 5. The second kappa shape index (κ2) is 7.80. The summed E-state index contributed by atoms with van der Waals surface area (Å²) in [6.45, 7) is 7.70. The summed E-state index contributed by atoms with van der Waals surface area (Å²) in [5.74, 6) is 0.591. The van der Waals surface area contributed by atoms with Crippen LogP contribution in [0.1, 0.15) is 54.1 Å². The van der Waals surface area contributed by atoms with Crippen LogP contribution in [0.4, 0.5) is 0 Å². The predicted octanol–water partition coefficient (Wildman–Crippen LogP) is 3.53. The lowest BCUT2D eigenvalue weighted by molar-refractivity contribution is -0.134. The van der Waals surface area contributed by atoms with E-state index in [4.69, 9.17) is 10.00 Å². The van der Waals surface area contributed by atoms with Crippen molar-refractivity contribution in [2.24, 2.45) is 0 Å². The van der Waals surface area contributed by atoms with Gasteiger partial charge in [-0.05, 0) is 55.0 Å². The van der Waals surface area contributed by atoms with Gasteiger partial charge in [-0.2, -0.15) is 5.26 Å². The molecule has 0 amide bonds. The minimum Gasteiger partial charge on any atom is -0.427 e. The molecule has 5 nitrogen and oxygen atoms in total. The molecule has 5 heteroatoms. The molecule has 0 bridgehead atoms. The van der Waals surface area contributed by atoms with Crippen LogP contribution in [0.3, 0.4) is 0 Å². The zero-order valence-corrected chi connectivity index (χ0v) is 15.0. The number of nitriles is 1. The van der Waals surface area contributed by atoms with Gasteiger partial charge in [-0.15, -0.1) is 0 Å². The lowest BCUT2D eigenvalue weighted by atomic mass is 9.99. The van der Waals surface area contributed by atoms with Gasteiger partial charge >= 0.3 is 5.97 Å². The fourth-order valence-electron chi connectivity index (χ4n) is 2.75. The van der Waals surface area contributed by atoms with Crippen LogP contribution in [-0.2, 0) is 11.2 Å². The SMILES string of the molecule is Cc1[nH]c(=O)c(C#N)c(C)c1CCC(=O)Oc1ccc(C(C)C)cc1. The molecule has 0 aliphatic carbocycles. The Kier molecular flexibility index (Phi) is 5.76. The number of carbonyl (C=O) groups is 1. The third-order valence-corrected chi connectivity index (χ3v) is 4.28. The summed E-state index contributed by atoms with van der Waals surface area (Å²) >= 11 is 0. The number of nitrogens with zero attached hydrogens (tertiary/aromatic N) is 1. The molecule has 0 saturated heterocycles. The molecular formula is C20H22N2O3. The average Bonchev–Trinajstić information content (AvgIpc) is 2.55. The Hall–Kier alpha value is -2.87. The van der Waals surface area contributed by atoms with E-state index < -0.39 is 5.56 Å². The molecule has 0 aliphatic heterocycles. The second-order valence-electron chi connectivity index (χ2n) is 6.37. The van der Waals surface area contributed by atoms with Crippen LogP contribution in [0.2, 0.25) is 0 Å². The molecular weight excluding hydrogens is 316 g/mol. The highest BCUT2D eigenvalue weighted by atomic mass is 16.5. The molecule has 1 aromatic carbocycles. The minimum absolute atomic E-state index is 0.0956. The monoisotopic (exact) mass is 338 g/mol. The molecule has 0 atom stereocenters. The van der Waals surface area contributed by atoms with Crippen molar-refractivity contribution >= 4 is 5.97 Å². The van der Waals surface area contributed by atoms with Crippen molar-refractivity contribution in [3.05, 3.63) is 62.6 Å². The van der Waals surface area contributed by atoms with E-state index in [0.717, 1.165) is 5.56 Å². The van der Waals surface area contributed by atoms with Gasteiger partial charge in [0, 0.05) is 5.69 Å². The van der Waals surface area contributed by atoms with E-state index in [-0.39, 0.29) is 18.0 Å². The first-order chi connectivity index (χ1) is 11.8. The molecule has 2 aromatic rings. The molecule has 1 N–H and O–H groups in total. The van der Waals surface area contributed by atoms with Crippen molar-refractivity contribution in [1.82, 2.24) is 4.98 Å². The quantitative estimate of drug-likeness (QED) is 0.668. The van der Waals surface area contributed by atoms with Crippen LogP contribution < -0.4 is 10.3 Å². The number of hydrogen-bond acceptors (Lipinski definition) is 4. The van der Waals surface area contributed by atoms with Gasteiger partial charge in [0.1, 0.15) is 17.4 Å². The van der Waals surface area contributed by atoms with E-state index in [1.807, 2.05) is 18.2 Å². The third kappa shape index (κ3) is 4.36. The van der Waals surface area contributed by atoms with Gasteiger partial charge in [0.15, 0.2) is 0 Å². The van der Waals surface area contributed by atoms with Gasteiger partial charge in [-0.3, -0.25) is 9.59 Å². The lowest BCUT2D eigenvalue weighted by Crippen LogP contribution is -2.18. The van der Waals surface area contributed by atoms with Crippen molar-refractivity contribution in [3.8, 4) is 11.8 Å². The first-order valence-electron chi connectivity index (χ1n) is 8.26. The number of nitrogens with one attached hydrogen (secondary N) is 1. The Morgan fingerprint density at radius 2 is 1.88 bits per heavy atom. The van der Waals surface area contributed by atoms with Gasteiger partial charge in [0.25, 0.3) is 5.56 Å². The Bertz CT molecular complexity index is 872. The maximum atomic E-state index is 12.1. The van der Waals surface area contributed by atoms with Gasteiger partial charge in [-0.1, -0.05) is 26.0 Å². The number of benzene rings is 1. The van der Waals surface area contributed by atoms with E-state index >= 15 is 0 Å². The van der Waals surface area contributed by atoms with Gasteiger partial charge in [-0.25, -0.2) is 0 Å². The van der Waals surface area contributed by atoms with E-state index in [1.54, 1.807) is 26.0 Å². The average molecular weight is 338 g/mol. The molecule has 25 heavy (non-hydrogen) atoms. The van der Waals surface area contributed by atoms with Crippen molar-refractivity contribution in [2.75, 3.05) is 0 Å². The number of aromatic nitrogens is 1.